The molecule has 1 heterocycles. The second-order valence-electron chi connectivity index (χ2n) is 5.04. The Hall–Kier alpha value is -1.10. The van der Waals surface area contributed by atoms with Gasteiger partial charge in [-0.3, -0.25) is 4.90 Å². The number of aryl methyl sites for hydroxylation is 1. The number of benzene rings is 1. The zero-order valence-corrected chi connectivity index (χ0v) is 12.3. The molecule has 0 bridgehead atoms. The summed E-state index contributed by atoms with van der Waals surface area (Å²) in [5.74, 6) is 0.916. The summed E-state index contributed by atoms with van der Waals surface area (Å²) in [6.45, 7) is 6.31. The van der Waals surface area contributed by atoms with Gasteiger partial charge in [0.1, 0.15) is 12.4 Å². The first-order chi connectivity index (χ1) is 9.88. The van der Waals surface area contributed by atoms with Gasteiger partial charge in [-0.15, -0.1) is 0 Å². The highest BCUT2D eigenvalue weighted by Gasteiger charge is 2.09. The Balaban J connectivity index is 1.65. The number of hydrogen-bond acceptors (Lipinski definition) is 4. The molecule has 0 N–H and O–H groups in total. The Kier molecular flexibility index (Phi) is 6.84. The summed E-state index contributed by atoms with van der Waals surface area (Å²) in [7, 11) is 1.68. The molecule has 20 heavy (non-hydrogen) atoms. The molecule has 0 spiro atoms. The van der Waals surface area contributed by atoms with E-state index in [0.29, 0.717) is 13.2 Å². The summed E-state index contributed by atoms with van der Waals surface area (Å²) in [6.07, 6.45) is 2.32. The Labute approximate surface area is 121 Å². The standard InChI is InChI=1S/C16H25NO3/c1-18-13-14-20-16-6-4-15(5-7-16)3-2-8-17-9-11-19-12-10-17/h4-7H,2-3,8-14H2,1H3. The molecule has 0 aromatic heterocycles. The zero-order chi connectivity index (χ0) is 14.0. The molecule has 4 nitrogen and oxygen atoms in total. The van der Waals surface area contributed by atoms with Gasteiger partial charge in [-0.1, -0.05) is 12.1 Å². The average Bonchev–Trinajstić information content (AvgIpc) is 2.50. The summed E-state index contributed by atoms with van der Waals surface area (Å²) in [5.41, 5.74) is 1.37. The van der Waals surface area contributed by atoms with Gasteiger partial charge in [0, 0.05) is 20.2 Å². The number of rotatable bonds is 8. The molecule has 1 aliphatic heterocycles. The number of nitrogens with zero attached hydrogens (tertiary/aromatic N) is 1. The van der Waals surface area contributed by atoms with Crippen LogP contribution in [0.1, 0.15) is 12.0 Å². The van der Waals surface area contributed by atoms with Gasteiger partial charge in [-0.25, -0.2) is 0 Å². The molecule has 4 heteroatoms. The minimum absolute atomic E-state index is 0.604. The molecule has 0 amide bonds. The second-order valence-corrected chi connectivity index (χ2v) is 5.04. The fourth-order valence-electron chi connectivity index (χ4n) is 2.33. The number of methoxy groups -OCH3 is 1. The monoisotopic (exact) mass is 279 g/mol. The smallest absolute Gasteiger partial charge is 0.119 e. The first-order valence-corrected chi connectivity index (χ1v) is 7.39. The van der Waals surface area contributed by atoms with Gasteiger partial charge in [0.05, 0.1) is 19.8 Å². The van der Waals surface area contributed by atoms with Gasteiger partial charge in [0.15, 0.2) is 0 Å². The van der Waals surface area contributed by atoms with E-state index in [-0.39, 0.29) is 0 Å². The highest BCUT2D eigenvalue weighted by Crippen LogP contribution is 2.13. The molecule has 0 unspecified atom stereocenters. The van der Waals surface area contributed by atoms with E-state index in [0.717, 1.165) is 45.0 Å². The number of hydrogen-bond donors (Lipinski definition) is 0. The number of ether oxygens (including phenoxy) is 3. The predicted octanol–water partition coefficient (Wildman–Crippen LogP) is 1.98. The topological polar surface area (TPSA) is 30.9 Å². The van der Waals surface area contributed by atoms with Crippen molar-refractivity contribution in [1.82, 2.24) is 4.90 Å². The quantitative estimate of drug-likeness (QED) is 0.681. The van der Waals surface area contributed by atoms with E-state index in [1.165, 1.54) is 12.0 Å². The maximum atomic E-state index is 5.55. The molecule has 112 valence electrons. The first kappa shape index (κ1) is 15.3. The molecular weight excluding hydrogens is 254 g/mol. The number of morpholine rings is 1. The van der Waals surface area contributed by atoms with Crippen LogP contribution in [0.5, 0.6) is 5.75 Å². The summed E-state index contributed by atoms with van der Waals surface area (Å²) in [4.78, 5) is 2.48. The fourth-order valence-corrected chi connectivity index (χ4v) is 2.33. The molecule has 1 aromatic carbocycles. The van der Waals surface area contributed by atoms with Gasteiger partial charge in [0.2, 0.25) is 0 Å². The maximum Gasteiger partial charge on any atom is 0.119 e. The largest absolute Gasteiger partial charge is 0.491 e. The maximum absolute atomic E-state index is 5.55. The molecule has 0 saturated carbocycles. The SMILES string of the molecule is COCCOc1ccc(CCCN2CCOCC2)cc1. The van der Waals surface area contributed by atoms with Crippen molar-refractivity contribution in [3.63, 3.8) is 0 Å². The van der Waals surface area contributed by atoms with E-state index in [9.17, 15) is 0 Å². The van der Waals surface area contributed by atoms with Crippen LogP contribution in [-0.2, 0) is 15.9 Å². The van der Waals surface area contributed by atoms with Crippen LogP contribution >= 0.6 is 0 Å². The minimum atomic E-state index is 0.604. The van der Waals surface area contributed by atoms with Crippen LogP contribution < -0.4 is 4.74 Å². The zero-order valence-electron chi connectivity index (χ0n) is 12.3. The average molecular weight is 279 g/mol. The van der Waals surface area contributed by atoms with Crippen LogP contribution in [-0.4, -0.2) is 58.1 Å². The van der Waals surface area contributed by atoms with E-state index >= 15 is 0 Å². The van der Waals surface area contributed by atoms with Gasteiger partial charge in [-0.2, -0.15) is 0 Å². The lowest BCUT2D eigenvalue weighted by Crippen LogP contribution is -2.36. The first-order valence-electron chi connectivity index (χ1n) is 7.39. The van der Waals surface area contributed by atoms with Crippen molar-refractivity contribution in [2.45, 2.75) is 12.8 Å². The molecule has 0 aliphatic carbocycles. The highest BCUT2D eigenvalue weighted by molar-refractivity contribution is 5.27. The predicted molar refractivity (Wildman–Crippen MR) is 79.4 cm³/mol. The van der Waals surface area contributed by atoms with Crippen LogP contribution in [0, 0.1) is 0 Å². The van der Waals surface area contributed by atoms with Crippen molar-refractivity contribution < 1.29 is 14.2 Å². The molecular formula is C16H25NO3. The van der Waals surface area contributed by atoms with Crippen LogP contribution in [0.25, 0.3) is 0 Å². The Morgan fingerprint density at radius 3 is 2.55 bits per heavy atom. The highest BCUT2D eigenvalue weighted by atomic mass is 16.5. The van der Waals surface area contributed by atoms with Crippen LogP contribution in [0.4, 0.5) is 0 Å². The minimum Gasteiger partial charge on any atom is -0.491 e. The molecule has 0 radical (unpaired) electrons. The molecule has 0 atom stereocenters. The van der Waals surface area contributed by atoms with Gasteiger partial charge < -0.3 is 14.2 Å². The summed E-state index contributed by atoms with van der Waals surface area (Å²) in [5, 5.41) is 0. The molecule has 1 fully saturated rings. The van der Waals surface area contributed by atoms with Crippen molar-refractivity contribution in [2.24, 2.45) is 0 Å². The lowest BCUT2D eigenvalue weighted by molar-refractivity contribution is 0.0374. The third-order valence-corrected chi connectivity index (χ3v) is 3.52. The molecule has 1 aliphatic rings. The Morgan fingerprint density at radius 1 is 1.10 bits per heavy atom. The van der Waals surface area contributed by atoms with E-state index in [1.54, 1.807) is 7.11 Å². The third kappa shape index (κ3) is 5.49. The van der Waals surface area contributed by atoms with Crippen molar-refractivity contribution >= 4 is 0 Å². The van der Waals surface area contributed by atoms with Gasteiger partial charge in [-0.05, 0) is 37.1 Å². The van der Waals surface area contributed by atoms with Gasteiger partial charge >= 0.3 is 0 Å². The second kappa shape index (κ2) is 8.95. The van der Waals surface area contributed by atoms with Crippen LogP contribution in [0.3, 0.4) is 0 Å². The van der Waals surface area contributed by atoms with Gasteiger partial charge in [0.25, 0.3) is 0 Å². The lowest BCUT2D eigenvalue weighted by atomic mass is 10.1. The van der Waals surface area contributed by atoms with E-state index in [1.807, 2.05) is 12.1 Å². The Morgan fingerprint density at radius 2 is 1.85 bits per heavy atom. The molecule has 2 rings (SSSR count). The normalized spacial score (nSPS) is 16.2. The molecule has 1 aromatic rings. The van der Waals surface area contributed by atoms with Crippen molar-refractivity contribution in [3.05, 3.63) is 29.8 Å². The van der Waals surface area contributed by atoms with E-state index in [4.69, 9.17) is 14.2 Å². The lowest BCUT2D eigenvalue weighted by Gasteiger charge is -2.26. The third-order valence-electron chi connectivity index (χ3n) is 3.52. The van der Waals surface area contributed by atoms with Crippen LogP contribution in [0.15, 0.2) is 24.3 Å². The summed E-state index contributed by atoms with van der Waals surface area (Å²) >= 11 is 0. The Bertz CT molecular complexity index is 360. The van der Waals surface area contributed by atoms with Crippen molar-refractivity contribution in [1.29, 1.82) is 0 Å². The van der Waals surface area contributed by atoms with E-state index in [2.05, 4.69) is 17.0 Å². The van der Waals surface area contributed by atoms with Crippen molar-refractivity contribution in [3.8, 4) is 5.75 Å². The summed E-state index contributed by atoms with van der Waals surface area (Å²) < 4.78 is 15.9. The van der Waals surface area contributed by atoms with Crippen LogP contribution in [0.2, 0.25) is 0 Å². The van der Waals surface area contributed by atoms with Crippen molar-refractivity contribution in [2.75, 3.05) is 53.2 Å². The summed E-state index contributed by atoms with van der Waals surface area (Å²) in [6, 6.07) is 8.39. The van der Waals surface area contributed by atoms with E-state index < -0.39 is 0 Å². The molecule has 1 saturated heterocycles. The fraction of sp³-hybridized carbons (Fsp3) is 0.625.